The van der Waals surface area contributed by atoms with Gasteiger partial charge in [0.2, 0.25) is 0 Å². The van der Waals surface area contributed by atoms with E-state index >= 15 is 0 Å². The fourth-order valence-electron chi connectivity index (χ4n) is 4.95. The Labute approximate surface area is 95.0 Å². The van der Waals surface area contributed by atoms with Gasteiger partial charge in [-0.15, -0.1) is 0 Å². The Bertz CT molecular complexity index is 370. The van der Waals surface area contributed by atoms with Gasteiger partial charge in [-0.3, -0.25) is 0 Å². The largest absolute Gasteiger partial charge is 0.234 e. The summed E-state index contributed by atoms with van der Waals surface area (Å²) in [6.07, 6.45) is 7.17. The molecular formula is C12H16N4. The van der Waals surface area contributed by atoms with Crippen LogP contribution in [0.1, 0.15) is 12.8 Å². The summed E-state index contributed by atoms with van der Waals surface area (Å²) in [5.41, 5.74) is 0. The Balaban J connectivity index is 1.62. The predicted octanol–water partition coefficient (Wildman–Crippen LogP) is 1.07. The first kappa shape index (κ1) is 8.37. The molecule has 2 saturated carbocycles. The van der Waals surface area contributed by atoms with E-state index in [-0.39, 0.29) is 0 Å². The van der Waals surface area contributed by atoms with E-state index in [1.807, 2.05) is 0 Å². The van der Waals surface area contributed by atoms with E-state index in [1.165, 1.54) is 12.8 Å². The molecule has 3 aliphatic heterocycles. The molecule has 3 heterocycles. The highest BCUT2D eigenvalue weighted by Gasteiger charge is 2.65. The van der Waals surface area contributed by atoms with Crippen LogP contribution in [0, 0.1) is 11.8 Å². The van der Waals surface area contributed by atoms with Crippen molar-refractivity contribution >= 4 is 0 Å². The first-order valence-corrected chi connectivity index (χ1v) is 6.51. The van der Waals surface area contributed by atoms with Gasteiger partial charge in [0, 0.05) is 31.1 Å². The van der Waals surface area contributed by atoms with Crippen LogP contribution in [0.15, 0.2) is 22.4 Å². The smallest absolute Gasteiger partial charge is 0.0777 e. The van der Waals surface area contributed by atoms with Crippen LogP contribution in [-0.2, 0) is 0 Å². The maximum Gasteiger partial charge on any atom is 0.0777 e. The molecule has 5 rings (SSSR count). The average Bonchev–Trinajstić information content (AvgIpc) is 3.00. The topological polar surface area (TPSA) is 31.2 Å². The number of azo groups is 1. The SMILES string of the molecule is C1=CCN2[C@H]3C[C@H]4N=N[C@H]5C[C@H](C3C54)N2C1. The molecule has 3 fully saturated rings. The zero-order valence-electron chi connectivity index (χ0n) is 9.24. The number of fused-ring (bicyclic) bond motifs is 3. The second kappa shape index (κ2) is 2.57. The van der Waals surface area contributed by atoms with Crippen LogP contribution < -0.4 is 0 Å². The highest BCUT2D eigenvalue weighted by Crippen LogP contribution is 2.57. The van der Waals surface area contributed by atoms with Gasteiger partial charge in [0.1, 0.15) is 0 Å². The molecule has 0 bridgehead atoms. The molecule has 0 N–H and O–H groups in total. The van der Waals surface area contributed by atoms with Crippen LogP contribution in [0.5, 0.6) is 0 Å². The lowest BCUT2D eigenvalue weighted by molar-refractivity contribution is -0.0158. The maximum atomic E-state index is 4.50. The second-order valence-corrected chi connectivity index (χ2v) is 5.84. The maximum absolute atomic E-state index is 4.50. The Morgan fingerprint density at radius 2 is 1.38 bits per heavy atom. The Morgan fingerprint density at radius 1 is 0.812 bits per heavy atom. The number of hydrazine groups is 1. The molecule has 0 radical (unpaired) electrons. The van der Waals surface area contributed by atoms with Crippen molar-refractivity contribution < 1.29 is 0 Å². The van der Waals surface area contributed by atoms with Crippen molar-refractivity contribution in [2.75, 3.05) is 13.1 Å². The monoisotopic (exact) mass is 216 g/mol. The molecule has 1 saturated heterocycles. The van der Waals surface area contributed by atoms with E-state index < -0.39 is 0 Å². The summed E-state index contributed by atoms with van der Waals surface area (Å²) in [6.45, 7) is 2.25. The van der Waals surface area contributed by atoms with Gasteiger partial charge in [-0.05, 0) is 18.8 Å². The van der Waals surface area contributed by atoms with Crippen molar-refractivity contribution in [3.8, 4) is 0 Å². The van der Waals surface area contributed by atoms with Gasteiger partial charge >= 0.3 is 0 Å². The Kier molecular flexibility index (Phi) is 1.34. The highest BCUT2D eigenvalue weighted by molar-refractivity contribution is 5.19. The lowest BCUT2D eigenvalue weighted by Gasteiger charge is -2.35. The normalized spacial score (nSPS) is 57.2. The van der Waals surface area contributed by atoms with Crippen molar-refractivity contribution in [3.63, 3.8) is 0 Å². The molecule has 0 aromatic carbocycles. The number of hydrogen-bond acceptors (Lipinski definition) is 4. The third-order valence-electron chi connectivity index (χ3n) is 5.40. The molecule has 16 heavy (non-hydrogen) atoms. The second-order valence-electron chi connectivity index (χ2n) is 5.84. The molecule has 2 unspecified atom stereocenters. The van der Waals surface area contributed by atoms with E-state index in [0.717, 1.165) is 37.0 Å². The van der Waals surface area contributed by atoms with E-state index in [4.69, 9.17) is 0 Å². The standard InChI is InChI=1S/C12H16N4/c1-2-4-16-10-6-8-11-7(13-14-8)5-9(12(10)11)15(16)3-1/h1-2,7-12H,3-6H2/t7-,8+,9+,10-,11?,12?. The van der Waals surface area contributed by atoms with Gasteiger partial charge < -0.3 is 0 Å². The van der Waals surface area contributed by atoms with Gasteiger partial charge in [0.25, 0.3) is 0 Å². The summed E-state index contributed by atoms with van der Waals surface area (Å²) in [5.74, 6) is 1.66. The average molecular weight is 216 g/mol. The molecule has 6 atom stereocenters. The van der Waals surface area contributed by atoms with E-state index in [0.29, 0.717) is 12.1 Å². The Hall–Kier alpha value is -0.740. The molecule has 4 nitrogen and oxygen atoms in total. The fourth-order valence-corrected chi connectivity index (χ4v) is 4.95. The summed E-state index contributed by atoms with van der Waals surface area (Å²) in [7, 11) is 0. The lowest BCUT2D eigenvalue weighted by atomic mass is 9.94. The highest BCUT2D eigenvalue weighted by atomic mass is 15.7. The van der Waals surface area contributed by atoms with Crippen molar-refractivity contribution in [2.24, 2.45) is 22.1 Å². The number of rotatable bonds is 0. The minimum Gasteiger partial charge on any atom is -0.234 e. The van der Waals surface area contributed by atoms with Gasteiger partial charge in [0.15, 0.2) is 0 Å². The van der Waals surface area contributed by atoms with Crippen molar-refractivity contribution in [3.05, 3.63) is 12.2 Å². The van der Waals surface area contributed by atoms with Crippen LogP contribution in [0.3, 0.4) is 0 Å². The molecule has 84 valence electrons. The van der Waals surface area contributed by atoms with Gasteiger partial charge in [-0.25, -0.2) is 10.0 Å². The molecule has 0 amide bonds. The van der Waals surface area contributed by atoms with Gasteiger partial charge in [-0.1, -0.05) is 12.2 Å². The van der Waals surface area contributed by atoms with Crippen molar-refractivity contribution in [1.29, 1.82) is 0 Å². The van der Waals surface area contributed by atoms with Crippen LogP contribution in [0.2, 0.25) is 0 Å². The third kappa shape index (κ3) is 0.759. The summed E-state index contributed by atoms with van der Waals surface area (Å²) >= 11 is 0. The summed E-state index contributed by atoms with van der Waals surface area (Å²) < 4.78 is 0. The third-order valence-corrected chi connectivity index (χ3v) is 5.40. The van der Waals surface area contributed by atoms with E-state index in [1.54, 1.807) is 0 Å². The molecule has 4 heteroatoms. The van der Waals surface area contributed by atoms with E-state index in [9.17, 15) is 0 Å². The molecule has 0 aromatic heterocycles. The van der Waals surface area contributed by atoms with Crippen LogP contribution in [-0.4, -0.2) is 47.3 Å². The summed E-state index contributed by atoms with van der Waals surface area (Å²) in [5, 5.41) is 14.2. The molecule has 2 aliphatic carbocycles. The number of nitrogens with zero attached hydrogens (tertiary/aromatic N) is 4. The van der Waals surface area contributed by atoms with Gasteiger partial charge in [-0.2, -0.15) is 10.2 Å². The van der Waals surface area contributed by atoms with Crippen LogP contribution in [0.4, 0.5) is 0 Å². The minimum atomic E-state index is 0.568. The first-order valence-electron chi connectivity index (χ1n) is 6.51. The van der Waals surface area contributed by atoms with Crippen LogP contribution in [0.25, 0.3) is 0 Å². The molecule has 0 aromatic rings. The molecular weight excluding hydrogens is 200 g/mol. The zero-order chi connectivity index (χ0) is 10.3. The minimum absolute atomic E-state index is 0.568. The zero-order valence-corrected chi connectivity index (χ0v) is 9.24. The van der Waals surface area contributed by atoms with Crippen molar-refractivity contribution in [2.45, 2.75) is 37.0 Å². The van der Waals surface area contributed by atoms with Gasteiger partial charge in [0.05, 0.1) is 12.1 Å². The summed E-state index contributed by atoms with van der Waals surface area (Å²) in [6, 6.07) is 2.68. The predicted molar refractivity (Wildman–Crippen MR) is 58.8 cm³/mol. The summed E-state index contributed by atoms with van der Waals surface area (Å²) in [4.78, 5) is 0. The number of hydrogen-bond donors (Lipinski definition) is 0. The molecule has 0 spiro atoms. The lowest BCUT2D eigenvalue weighted by Crippen LogP contribution is -2.46. The van der Waals surface area contributed by atoms with Crippen molar-refractivity contribution in [1.82, 2.24) is 10.0 Å². The first-order chi connectivity index (χ1) is 7.93. The van der Waals surface area contributed by atoms with Crippen LogP contribution >= 0.6 is 0 Å². The fraction of sp³-hybridized carbons (Fsp3) is 0.833. The Morgan fingerprint density at radius 3 is 1.94 bits per heavy atom. The quantitative estimate of drug-likeness (QED) is 0.567. The molecule has 5 aliphatic rings. The van der Waals surface area contributed by atoms with E-state index in [2.05, 4.69) is 32.4 Å².